The molecule has 0 spiro atoms. The largest absolute Gasteiger partial charge is 0.306 e. The van der Waals surface area contributed by atoms with Crippen molar-refractivity contribution in [3.8, 4) is 0 Å². The van der Waals surface area contributed by atoms with E-state index in [4.69, 9.17) is 0 Å². The maximum atomic E-state index is 3.88. The molecule has 164 valence electrons. The lowest BCUT2D eigenvalue weighted by Gasteiger charge is -2.45. The minimum atomic E-state index is 0.174. The lowest BCUT2D eigenvalue weighted by molar-refractivity contribution is 0.219. The molecule has 0 unspecified atom stereocenters. The van der Waals surface area contributed by atoms with Crippen LogP contribution in [0.3, 0.4) is 0 Å². The Kier molecular flexibility index (Phi) is 4.31. The molecular formula is C28H42N2. The molecular weight excluding hydrogens is 364 g/mol. The fraction of sp³-hybridized carbons (Fsp3) is 0.714. The second kappa shape index (κ2) is 6.23. The van der Waals surface area contributed by atoms with Gasteiger partial charge in [-0.2, -0.15) is 0 Å². The molecule has 5 aliphatic rings. The number of fused-ring (bicyclic) bond motifs is 5. The first-order valence-corrected chi connectivity index (χ1v) is 12.1. The Bertz CT molecular complexity index is 854. The smallest absolute Gasteiger partial charge is 0.0167 e. The number of nitrogens with one attached hydrogen (secondary N) is 2. The Labute approximate surface area is 184 Å². The first kappa shape index (κ1) is 20.8. The predicted octanol–water partition coefficient (Wildman–Crippen LogP) is 6.08. The molecule has 1 saturated carbocycles. The van der Waals surface area contributed by atoms with Gasteiger partial charge in [0, 0.05) is 39.9 Å². The van der Waals surface area contributed by atoms with Gasteiger partial charge in [-0.3, -0.25) is 0 Å². The van der Waals surface area contributed by atoms with Gasteiger partial charge >= 0.3 is 0 Å². The fourth-order valence-corrected chi connectivity index (χ4v) is 8.25. The van der Waals surface area contributed by atoms with Crippen LogP contribution in [0, 0.1) is 23.7 Å². The summed E-state index contributed by atoms with van der Waals surface area (Å²) >= 11 is 0. The summed E-state index contributed by atoms with van der Waals surface area (Å²) in [4.78, 5) is 0. The Morgan fingerprint density at radius 1 is 0.633 bits per heavy atom. The highest BCUT2D eigenvalue weighted by Gasteiger charge is 2.53. The second-order valence-electron chi connectivity index (χ2n) is 13.5. The summed E-state index contributed by atoms with van der Waals surface area (Å²) in [6.07, 6.45) is 14.9. The van der Waals surface area contributed by atoms with E-state index >= 15 is 0 Å². The Hall–Kier alpha value is -1.12. The summed E-state index contributed by atoms with van der Waals surface area (Å²) in [7, 11) is 0. The van der Waals surface area contributed by atoms with Gasteiger partial charge in [0.15, 0.2) is 0 Å². The SMILES string of the molecule is CC1(C)CC(=C2C=C[C@H]3[C@H]2[C@H]2C=C[C@H]3C2=C2CC(C)(C)NC(C)(C)C2)CC(C)(C)N1. The Balaban J connectivity index is 1.54. The zero-order chi connectivity index (χ0) is 21.7. The van der Waals surface area contributed by atoms with Gasteiger partial charge in [-0.25, -0.2) is 0 Å². The quantitative estimate of drug-likeness (QED) is 0.476. The molecule has 2 saturated heterocycles. The number of allylic oxidation sites excluding steroid dienone is 6. The molecule has 2 aliphatic heterocycles. The summed E-state index contributed by atoms with van der Waals surface area (Å²) in [6.45, 7) is 19.0. The van der Waals surface area contributed by atoms with Gasteiger partial charge in [-0.15, -0.1) is 0 Å². The third kappa shape index (κ3) is 3.39. The van der Waals surface area contributed by atoms with Crippen molar-refractivity contribution in [2.24, 2.45) is 23.7 Å². The van der Waals surface area contributed by atoms with E-state index in [-0.39, 0.29) is 22.2 Å². The first-order valence-electron chi connectivity index (χ1n) is 12.1. The Morgan fingerprint density at radius 2 is 1.10 bits per heavy atom. The zero-order valence-electron chi connectivity index (χ0n) is 20.4. The van der Waals surface area contributed by atoms with Crippen LogP contribution in [0.1, 0.15) is 81.1 Å². The molecule has 5 rings (SSSR count). The molecule has 0 amide bonds. The van der Waals surface area contributed by atoms with Crippen molar-refractivity contribution < 1.29 is 0 Å². The standard InChI is InChI=1S/C28H42N2/c1-25(2)13-17(14-26(3,4)29-25)19-9-10-21-20-11-12-22(24(19)21)23(20)18-15-27(5,6)30-28(7,8)16-18/h9-12,20-22,24,29-30H,13-16H2,1-8H3/t20-,21-,22+,24+/m1/s1. The second-order valence-corrected chi connectivity index (χ2v) is 13.5. The maximum absolute atomic E-state index is 3.88. The van der Waals surface area contributed by atoms with E-state index in [0.29, 0.717) is 23.7 Å². The van der Waals surface area contributed by atoms with Crippen molar-refractivity contribution in [3.63, 3.8) is 0 Å². The first-order chi connectivity index (χ1) is 13.8. The summed E-state index contributed by atoms with van der Waals surface area (Å²) in [6, 6.07) is 0. The van der Waals surface area contributed by atoms with Gasteiger partial charge in [0.05, 0.1) is 0 Å². The van der Waals surface area contributed by atoms with Crippen LogP contribution in [0.25, 0.3) is 0 Å². The van der Waals surface area contributed by atoms with Crippen molar-refractivity contribution in [2.45, 2.75) is 103 Å². The summed E-state index contributed by atoms with van der Waals surface area (Å²) in [5.41, 5.74) is 7.66. The van der Waals surface area contributed by atoms with Crippen LogP contribution in [0.15, 0.2) is 46.6 Å². The van der Waals surface area contributed by atoms with Crippen molar-refractivity contribution in [1.82, 2.24) is 10.6 Å². The van der Waals surface area contributed by atoms with E-state index in [1.165, 1.54) is 25.7 Å². The topological polar surface area (TPSA) is 24.1 Å². The van der Waals surface area contributed by atoms with Crippen LogP contribution in [-0.2, 0) is 0 Å². The molecule has 0 aromatic heterocycles. The van der Waals surface area contributed by atoms with Gasteiger partial charge in [0.1, 0.15) is 0 Å². The number of hydrogen-bond donors (Lipinski definition) is 2. The van der Waals surface area contributed by atoms with Crippen LogP contribution in [0.2, 0.25) is 0 Å². The highest BCUT2D eigenvalue weighted by Crippen LogP contribution is 2.61. The molecule has 0 radical (unpaired) electrons. The van der Waals surface area contributed by atoms with Crippen LogP contribution < -0.4 is 10.6 Å². The molecule has 2 heteroatoms. The minimum Gasteiger partial charge on any atom is -0.306 e. The molecule has 30 heavy (non-hydrogen) atoms. The predicted molar refractivity (Wildman–Crippen MR) is 127 cm³/mol. The molecule has 2 N–H and O–H groups in total. The van der Waals surface area contributed by atoms with E-state index in [9.17, 15) is 0 Å². The average molecular weight is 407 g/mol. The molecule has 2 heterocycles. The molecule has 0 aromatic carbocycles. The third-order valence-corrected chi connectivity index (χ3v) is 8.11. The summed E-state index contributed by atoms with van der Waals surface area (Å²) in [5, 5.41) is 7.75. The molecule has 0 aromatic rings. The van der Waals surface area contributed by atoms with Gasteiger partial charge in [0.2, 0.25) is 0 Å². The number of hydrogen-bond acceptors (Lipinski definition) is 2. The Morgan fingerprint density at radius 3 is 1.63 bits per heavy atom. The van der Waals surface area contributed by atoms with Crippen LogP contribution in [-0.4, -0.2) is 22.2 Å². The third-order valence-electron chi connectivity index (χ3n) is 8.11. The van der Waals surface area contributed by atoms with Crippen molar-refractivity contribution in [1.29, 1.82) is 0 Å². The zero-order valence-corrected chi connectivity index (χ0v) is 20.4. The van der Waals surface area contributed by atoms with Crippen molar-refractivity contribution >= 4 is 0 Å². The lowest BCUT2D eigenvalue weighted by Crippen LogP contribution is -2.56. The fourth-order valence-electron chi connectivity index (χ4n) is 8.25. The maximum Gasteiger partial charge on any atom is 0.0167 e. The van der Waals surface area contributed by atoms with E-state index in [1.807, 2.05) is 0 Å². The van der Waals surface area contributed by atoms with Gasteiger partial charge in [-0.1, -0.05) is 41.0 Å². The van der Waals surface area contributed by atoms with Gasteiger partial charge in [0.25, 0.3) is 0 Å². The highest BCUT2D eigenvalue weighted by molar-refractivity contribution is 5.51. The van der Waals surface area contributed by atoms with E-state index in [0.717, 1.165) is 0 Å². The van der Waals surface area contributed by atoms with E-state index in [1.54, 1.807) is 22.3 Å². The van der Waals surface area contributed by atoms with Crippen molar-refractivity contribution in [2.75, 3.05) is 0 Å². The molecule has 3 aliphatic carbocycles. The van der Waals surface area contributed by atoms with Gasteiger partial charge < -0.3 is 10.6 Å². The molecule has 2 bridgehead atoms. The molecule has 4 atom stereocenters. The summed E-state index contributed by atoms with van der Waals surface area (Å²) < 4.78 is 0. The normalized spacial score (nSPS) is 39.7. The van der Waals surface area contributed by atoms with Gasteiger partial charge in [-0.05, 0) is 92.6 Å². The minimum absolute atomic E-state index is 0.174. The van der Waals surface area contributed by atoms with E-state index < -0.39 is 0 Å². The molecule has 2 nitrogen and oxygen atoms in total. The monoisotopic (exact) mass is 406 g/mol. The molecule has 3 fully saturated rings. The lowest BCUT2D eigenvalue weighted by atomic mass is 9.73. The van der Waals surface area contributed by atoms with Crippen molar-refractivity contribution in [3.05, 3.63) is 46.6 Å². The van der Waals surface area contributed by atoms with E-state index in [2.05, 4.69) is 90.3 Å². The van der Waals surface area contributed by atoms with Crippen LogP contribution in [0.5, 0.6) is 0 Å². The number of piperidine rings is 2. The summed E-state index contributed by atoms with van der Waals surface area (Å²) in [5.74, 6) is 2.63. The van der Waals surface area contributed by atoms with Crippen LogP contribution in [0.4, 0.5) is 0 Å². The average Bonchev–Trinajstić information content (AvgIpc) is 3.19. The highest BCUT2D eigenvalue weighted by atomic mass is 15.1. The number of rotatable bonds is 0. The van der Waals surface area contributed by atoms with Crippen LogP contribution >= 0.6 is 0 Å².